The number of piperidine rings is 4. The number of benzene rings is 4. The highest BCUT2D eigenvalue weighted by Gasteiger charge is 3.07. The fraction of sp³-hybridized carbons (Fsp3) is 0.391. The number of nitrogens with zero attached hydrogens (tertiary/aromatic N) is 2. The van der Waals surface area contributed by atoms with E-state index >= 15 is 19.2 Å². The Balaban J connectivity index is 1.54. The maximum Gasteiger partial charge on any atom is 0.317 e. The van der Waals surface area contributed by atoms with Gasteiger partial charge in [-0.05, 0) is 87.4 Å². The van der Waals surface area contributed by atoms with Crippen LogP contribution in [0.1, 0.15) is 50.7 Å². The zero-order valence-corrected chi connectivity index (χ0v) is 32.6. The Labute approximate surface area is 335 Å². The van der Waals surface area contributed by atoms with Crippen molar-refractivity contribution in [2.75, 3.05) is 36.2 Å². The lowest BCUT2D eigenvalue weighted by Gasteiger charge is -2.95. The van der Waals surface area contributed by atoms with Crippen LogP contribution < -0.4 is 9.80 Å². The average Bonchev–Trinajstić information content (AvgIpc) is 3.21. The quantitative estimate of drug-likeness (QED) is 0.115. The van der Waals surface area contributed by atoms with E-state index in [1.54, 1.807) is 52.0 Å². The zero-order valence-electron chi connectivity index (χ0n) is 32.6. The molecular formula is C46H44F2N2O8. The van der Waals surface area contributed by atoms with Crippen molar-refractivity contribution in [3.05, 3.63) is 132 Å². The van der Waals surface area contributed by atoms with Crippen LogP contribution in [0, 0.1) is 33.3 Å². The lowest BCUT2D eigenvalue weighted by molar-refractivity contribution is -0.340. The average molecular weight is 791 g/mol. The highest BCUT2D eigenvalue weighted by molar-refractivity contribution is 6.07. The molecule has 2 aliphatic carbocycles. The van der Waals surface area contributed by atoms with E-state index in [4.69, 9.17) is 18.9 Å². The summed E-state index contributed by atoms with van der Waals surface area (Å²) in [7, 11) is 0. The summed E-state index contributed by atoms with van der Waals surface area (Å²) in [4.78, 5) is 66.7. The van der Waals surface area contributed by atoms with Crippen molar-refractivity contribution in [3.63, 3.8) is 0 Å². The largest absolute Gasteiger partial charge is 0.465 e. The van der Waals surface area contributed by atoms with E-state index in [9.17, 15) is 8.78 Å². The van der Waals surface area contributed by atoms with Crippen LogP contribution in [-0.2, 0) is 38.1 Å². The molecule has 6 fully saturated rings. The van der Waals surface area contributed by atoms with Gasteiger partial charge >= 0.3 is 23.9 Å². The van der Waals surface area contributed by atoms with Gasteiger partial charge in [0.05, 0.1) is 50.6 Å². The molecule has 0 spiro atoms. The summed E-state index contributed by atoms with van der Waals surface area (Å²) in [6.07, 6.45) is 0. The first kappa shape index (κ1) is 37.8. The molecule has 0 N–H and O–H groups in total. The van der Waals surface area contributed by atoms with Crippen molar-refractivity contribution >= 4 is 35.3 Å². The van der Waals surface area contributed by atoms with Gasteiger partial charge in [0, 0.05) is 23.2 Å². The molecule has 4 saturated heterocycles. The molecule has 300 valence electrons. The van der Waals surface area contributed by atoms with Crippen molar-refractivity contribution in [2.45, 2.75) is 63.7 Å². The van der Waals surface area contributed by atoms with Gasteiger partial charge < -0.3 is 28.7 Å². The predicted molar refractivity (Wildman–Crippen MR) is 208 cm³/mol. The van der Waals surface area contributed by atoms with E-state index < -0.39 is 93.2 Å². The first-order valence-corrected chi connectivity index (χ1v) is 20.0. The molecule has 0 atom stereocenters. The van der Waals surface area contributed by atoms with Crippen molar-refractivity contribution in [3.8, 4) is 0 Å². The number of carbonyl (C=O) groups excluding carboxylic acids is 4. The molecule has 4 aliphatic heterocycles. The van der Waals surface area contributed by atoms with Gasteiger partial charge in [-0.1, -0.05) is 60.7 Å². The molecule has 4 heterocycles. The van der Waals surface area contributed by atoms with E-state index in [0.717, 1.165) is 0 Å². The normalized spacial score (nSPS) is 33.1. The number of rotatable bonds is 12. The Hall–Kier alpha value is -5.78. The molecule has 8 bridgehead atoms. The third-order valence-corrected chi connectivity index (χ3v) is 13.7. The van der Waals surface area contributed by atoms with Crippen LogP contribution in [-0.4, -0.2) is 74.5 Å². The minimum atomic E-state index is -1.77. The molecule has 12 heteroatoms. The minimum absolute atomic E-state index is 0.0351. The second-order valence-electron chi connectivity index (χ2n) is 15.7. The third-order valence-electron chi connectivity index (χ3n) is 13.7. The molecule has 10 rings (SSSR count). The van der Waals surface area contributed by atoms with Crippen LogP contribution >= 0.6 is 0 Å². The van der Waals surface area contributed by atoms with Gasteiger partial charge in [0.25, 0.3) is 0 Å². The Bertz CT molecular complexity index is 2020. The van der Waals surface area contributed by atoms with Gasteiger partial charge in [-0.15, -0.1) is 0 Å². The highest BCUT2D eigenvalue weighted by atomic mass is 19.1. The molecule has 0 unspecified atom stereocenters. The van der Waals surface area contributed by atoms with E-state index in [2.05, 4.69) is 0 Å². The Kier molecular flexibility index (Phi) is 8.72. The van der Waals surface area contributed by atoms with Gasteiger partial charge in [0.15, 0.2) is 0 Å². The van der Waals surface area contributed by atoms with Gasteiger partial charge in [0.2, 0.25) is 0 Å². The molecule has 58 heavy (non-hydrogen) atoms. The minimum Gasteiger partial charge on any atom is -0.465 e. The zero-order chi connectivity index (χ0) is 40.8. The monoisotopic (exact) mass is 790 g/mol. The molecule has 0 aromatic heterocycles. The van der Waals surface area contributed by atoms with Crippen LogP contribution in [0.5, 0.6) is 0 Å². The van der Waals surface area contributed by atoms with Crippen molar-refractivity contribution in [2.24, 2.45) is 21.7 Å². The molecule has 2 saturated carbocycles. The van der Waals surface area contributed by atoms with Crippen molar-refractivity contribution < 1.29 is 46.9 Å². The number of esters is 4. The summed E-state index contributed by atoms with van der Waals surface area (Å²) in [5.41, 5.74) is -5.11. The van der Waals surface area contributed by atoms with Crippen LogP contribution in [0.2, 0.25) is 0 Å². The van der Waals surface area contributed by atoms with Crippen LogP contribution in [0.3, 0.4) is 0 Å². The number of ether oxygens (including phenoxy) is 4. The summed E-state index contributed by atoms with van der Waals surface area (Å²) < 4.78 is 54.4. The lowest BCUT2D eigenvalue weighted by atomic mass is 9.15. The smallest absolute Gasteiger partial charge is 0.317 e. The fourth-order valence-electron chi connectivity index (χ4n) is 12.8. The summed E-state index contributed by atoms with van der Waals surface area (Å²) in [5, 5.41) is 0. The van der Waals surface area contributed by atoms with E-state index in [-0.39, 0.29) is 26.4 Å². The fourth-order valence-corrected chi connectivity index (χ4v) is 12.8. The number of hydrogen-bond donors (Lipinski definition) is 0. The standard InChI is InChI=1S/C46H44F2N2O8/c1-5-55-39(51)43-33(27-19-23-29(47)24-20-27)44(40(52)56-6-2)37-46(42(54)58-8-4)34(28-21-25-30(48)26-22-28)45(41(53)57-7-3,35(43)49(37)31-15-11-9-12-16-31)36(43)50(38(44)46)32-17-13-10-14-18-32/h9-26,33-38H,5-8H2,1-4H3. The summed E-state index contributed by atoms with van der Waals surface area (Å²) >= 11 is 0. The molecule has 0 amide bonds. The molecule has 0 radical (unpaired) electrons. The van der Waals surface area contributed by atoms with Crippen LogP contribution in [0.15, 0.2) is 109 Å². The number of anilines is 2. The van der Waals surface area contributed by atoms with Gasteiger partial charge in [0.1, 0.15) is 33.3 Å². The van der Waals surface area contributed by atoms with Gasteiger partial charge in [-0.2, -0.15) is 0 Å². The van der Waals surface area contributed by atoms with Gasteiger partial charge in [-0.25, -0.2) is 8.78 Å². The van der Waals surface area contributed by atoms with Crippen molar-refractivity contribution in [1.29, 1.82) is 0 Å². The Morgan fingerprint density at radius 3 is 0.948 bits per heavy atom. The Morgan fingerprint density at radius 1 is 0.448 bits per heavy atom. The first-order valence-electron chi connectivity index (χ1n) is 20.0. The summed E-state index contributed by atoms with van der Waals surface area (Å²) in [6, 6.07) is 25.0. The highest BCUT2D eigenvalue weighted by Crippen LogP contribution is 2.92. The van der Waals surface area contributed by atoms with Crippen LogP contribution in [0.25, 0.3) is 0 Å². The predicted octanol–water partition coefficient (Wildman–Crippen LogP) is 6.59. The number of halogens is 2. The van der Waals surface area contributed by atoms with E-state index in [1.807, 2.05) is 70.5 Å². The SMILES string of the molecule is CCOC(=O)C12C(c3ccc(F)cc3)C3(C(=O)OCC)C4N(c5ccccc5)C1C1(C(=O)OCC)C(c5ccc(F)cc5)C4(C(=O)OCC)C3N(c3ccccc3)C21. The molecular weight excluding hydrogens is 747 g/mol. The molecule has 4 aromatic rings. The van der Waals surface area contributed by atoms with Gasteiger partial charge in [-0.3, -0.25) is 19.2 Å². The first-order chi connectivity index (χ1) is 28.1. The lowest BCUT2D eigenvalue weighted by Crippen LogP contribution is -3.10. The molecule has 6 aliphatic rings. The van der Waals surface area contributed by atoms with Crippen LogP contribution in [0.4, 0.5) is 20.2 Å². The second kappa shape index (κ2) is 13.4. The number of carbonyl (C=O) groups is 4. The maximum absolute atomic E-state index is 15.7. The second-order valence-corrected chi connectivity index (χ2v) is 15.7. The third kappa shape index (κ3) is 4.20. The Morgan fingerprint density at radius 2 is 0.707 bits per heavy atom. The van der Waals surface area contributed by atoms with Crippen molar-refractivity contribution in [1.82, 2.24) is 0 Å². The molecule has 4 aromatic carbocycles. The number of para-hydroxylation sites is 2. The molecule has 10 nitrogen and oxygen atoms in total. The maximum atomic E-state index is 15.7. The topological polar surface area (TPSA) is 112 Å². The summed E-state index contributed by atoms with van der Waals surface area (Å²) in [6.45, 7) is 6.62. The van der Waals surface area contributed by atoms with E-state index in [0.29, 0.717) is 22.5 Å². The van der Waals surface area contributed by atoms with E-state index in [1.165, 1.54) is 24.3 Å². The summed E-state index contributed by atoms with van der Waals surface area (Å²) in [5.74, 6) is -5.96. The number of hydrogen-bond acceptors (Lipinski definition) is 10.